The van der Waals surface area contributed by atoms with Crippen molar-refractivity contribution in [3.8, 4) is 34.1 Å². The summed E-state index contributed by atoms with van der Waals surface area (Å²) in [4.78, 5) is 14.6. The van der Waals surface area contributed by atoms with Gasteiger partial charge in [0, 0.05) is 21.9 Å². The molecule has 0 saturated carbocycles. The van der Waals surface area contributed by atoms with Crippen LogP contribution in [-0.2, 0) is 17.8 Å². The van der Waals surface area contributed by atoms with Gasteiger partial charge >= 0.3 is 5.97 Å². The Hall–Kier alpha value is -7.23. The standard InChI is InChI=1S/C56H42O6P2/c1-37-24-26-38(27-25-37)34-39-28-30-40(31-29-39)36-58-56(57)49-35-44-15-5-9-21-48(44)54(55(49)62-64-60-51-23-11-17-42-13-3-7-19-46(42)51)53-47-20-8-4-14-43(47)32-33-52(53)61-63-59-50-22-10-16-41-12-2-6-18-45(41)50/h2-33,35,63-64H,34,36H2,1H3. The van der Waals surface area contributed by atoms with Crippen molar-refractivity contribution in [1.29, 1.82) is 0 Å². The molecule has 10 rings (SSSR count). The van der Waals surface area contributed by atoms with Gasteiger partial charge in [0.15, 0.2) is 0 Å². The lowest BCUT2D eigenvalue weighted by Crippen LogP contribution is -2.08. The maximum atomic E-state index is 14.6. The van der Waals surface area contributed by atoms with Crippen LogP contribution in [-0.4, -0.2) is 5.97 Å². The van der Waals surface area contributed by atoms with Crippen LogP contribution in [0.5, 0.6) is 23.0 Å². The molecule has 312 valence electrons. The number of ether oxygens (including phenoxy) is 1. The fraction of sp³-hybridized carbons (Fsp3) is 0.0536. The Bertz CT molecular complexity index is 3280. The van der Waals surface area contributed by atoms with E-state index in [0.29, 0.717) is 22.8 Å². The fourth-order valence-corrected chi connectivity index (χ4v) is 9.31. The number of hydrogen-bond donors (Lipinski definition) is 0. The number of aryl methyl sites for hydroxylation is 1. The zero-order valence-corrected chi connectivity index (χ0v) is 36.9. The normalized spacial score (nSPS) is 11.6. The largest absolute Gasteiger partial charge is 0.457 e. The fourth-order valence-electron chi connectivity index (χ4n) is 8.14. The first-order valence-corrected chi connectivity index (χ1v) is 22.7. The van der Waals surface area contributed by atoms with Gasteiger partial charge in [-0.2, -0.15) is 0 Å². The van der Waals surface area contributed by atoms with E-state index in [1.807, 2.05) is 140 Å². The molecule has 0 heterocycles. The minimum absolute atomic E-state index is 0.0787. The van der Waals surface area contributed by atoms with Crippen LogP contribution in [0, 0.1) is 6.92 Å². The first-order valence-electron chi connectivity index (χ1n) is 21.1. The average molecular weight is 873 g/mol. The Balaban J connectivity index is 1.03. The van der Waals surface area contributed by atoms with Gasteiger partial charge in [-0.3, -0.25) is 0 Å². The number of benzene rings is 10. The molecule has 0 bridgehead atoms. The van der Waals surface area contributed by atoms with Gasteiger partial charge in [-0.1, -0.05) is 181 Å². The van der Waals surface area contributed by atoms with E-state index in [-0.39, 0.29) is 21.2 Å². The van der Waals surface area contributed by atoms with Crippen molar-refractivity contribution in [1.82, 2.24) is 0 Å². The van der Waals surface area contributed by atoms with E-state index in [1.165, 1.54) is 16.7 Å². The zero-order valence-electron chi connectivity index (χ0n) is 34.9. The summed E-state index contributed by atoms with van der Waals surface area (Å²) in [7, 11) is -0.893. The van der Waals surface area contributed by atoms with Crippen LogP contribution in [0.3, 0.4) is 0 Å². The summed E-state index contributed by atoms with van der Waals surface area (Å²) in [6.07, 6.45) is 0.818. The van der Waals surface area contributed by atoms with Crippen LogP contribution in [0.15, 0.2) is 200 Å². The highest BCUT2D eigenvalue weighted by Gasteiger charge is 2.27. The van der Waals surface area contributed by atoms with Crippen LogP contribution in [0.4, 0.5) is 0 Å². The van der Waals surface area contributed by atoms with Crippen molar-refractivity contribution in [2.75, 3.05) is 0 Å². The van der Waals surface area contributed by atoms with Crippen molar-refractivity contribution >= 4 is 67.1 Å². The zero-order chi connectivity index (χ0) is 43.2. The van der Waals surface area contributed by atoms with E-state index in [2.05, 4.69) is 67.6 Å². The molecule has 2 unspecified atom stereocenters. The molecule has 0 radical (unpaired) electrons. The Morgan fingerprint density at radius 3 is 1.52 bits per heavy atom. The second-order valence-corrected chi connectivity index (χ2v) is 16.7. The molecule has 8 heteroatoms. The van der Waals surface area contributed by atoms with Crippen LogP contribution in [0.1, 0.15) is 32.6 Å². The number of fused-ring (bicyclic) bond motifs is 4. The van der Waals surface area contributed by atoms with Crippen molar-refractivity contribution in [3.05, 3.63) is 228 Å². The van der Waals surface area contributed by atoms with Crippen molar-refractivity contribution < 1.29 is 27.6 Å². The summed E-state index contributed by atoms with van der Waals surface area (Å²) in [5.74, 6) is 1.78. The Morgan fingerprint density at radius 2 is 0.891 bits per heavy atom. The van der Waals surface area contributed by atoms with Gasteiger partial charge < -0.3 is 22.8 Å². The van der Waals surface area contributed by atoms with Gasteiger partial charge in [-0.05, 0) is 86.6 Å². The number of carbonyl (C=O) groups is 1. The molecule has 10 aromatic rings. The van der Waals surface area contributed by atoms with Crippen LogP contribution < -0.4 is 18.1 Å². The quantitative estimate of drug-likeness (QED) is 0.0801. The first kappa shape index (κ1) is 40.8. The molecule has 6 nitrogen and oxygen atoms in total. The third kappa shape index (κ3) is 8.72. The van der Waals surface area contributed by atoms with E-state index < -0.39 is 15.0 Å². The second kappa shape index (κ2) is 18.6. The third-order valence-corrected chi connectivity index (χ3v) is 12.6. The number of esters is 1. The van der Waals surface area contributed by atoms with E-state index in [4.69, 9.17) is 22.8 Å². The van der Waals surface area contributed by atoms with Crippen molar-refractivity contribution in [2.24, 2.45) is 0 Å². The molecule has 0 saturated heterocycles. The summed E-state index contributed by atoms with van der Waals surface area (Å²) >= 11 is 0. The van der Waals surface area contributed by atoms with E-state index >= 15 is 0 Å². The highest BCUT2D eigenvalue weighted by Crippen LogP contribution is 2.50. The third-order valence-electron chi connectivity index (χ3n) is 11.4. The molecule has 0 aliphatic heterocycles. The lowest BCUT2D eigenvalue weighted by Gasteiger charge is -2.21. The van der Waals surface area contributed by atoms with Gasteiger partial charge in [0.2, 0.25) is 0 Å². The number of hydrogen-bond acceptors (Lipinski definition) is 6. The van der Waals surface area contributed by atoms with E-state index in [9.17, 15) is 4.79 Å². The van der Waals surface area contributed by atoms with Gasteiger partial charge in [0.1, 0.15) is 35.2 Å². The summed E-state index contributed by atoms with van der Waals surface area (Å²) < 4.78 is 32.3. The van der Waals surface area contributed by atoms with Crippen molar-refractivity contribution in [3.63, 3.8) is 0 Å². The second-order valence-electron chi connectivity index (χ2n) is 15.6. The lowest BCUT2D eigenvalue weighted by molar-refractivity contribution is 0.0471. The van der Waals surface area contributed by atoms with Crippen LogP contribution in [0.2, 0.25) is 0 Å². The maximum Gasteiger partial charge on any atom is 0.342 e. The Labute approximate surface area is 375 Å². The molecule has 0 N–H and O–H groups in total. The molecular formula is C56H42O6P2. The molecular weight excluding hydrogens is 831 g/mol. The molecule has 64 heavy (non-hydrogen) atoms. The molecule has 0 fully saturated rings. The summed E-state index contributed by atoms with van der Waals surface area (Å²) in [6, 6.07) is 66.8. The molecule has 0 aliphatic rings. The topological polar surface area (TPSA) is 63.2 Å². The Morgan fingerprint density at radius 1 is 0.422 bits per heavy atom. The van der Waals surface area contributed by atoms with E-state index in [0.717, 1.165) is 66.4 Å². The SMILES string of the molecule is Cc1ccc(Cc2ccc(COC(=O)c3cc4ccccc4c(-c4c(OPOc5cccc6ccccc56)ccc5ccccc45)c3OPOc3cccc4ccccc34)cc2)cc1. The molecule has 0 aromatic heterocycles. The summed E-state index contributed by atoms with van der Waals surface area (Å²) in [5.41, 5.74) is 6.24. The van der Waals surface area contributed by atoms with Crippen LogP contribution >= 0.6 is 18.1 Å². The first-order chi connectivity index (χ1) is 31.6. The van der Waals surface area contributed by atoms with Gasteiger partial charge in [0.05, 0.1) is 0 Å². The molecule has 0 aliphatic carbocycles. The highest BCUT2D eigenvalue weighted by atomic mass is 31.1. The number of rotatable bonds is 14. The number of carbonyl (C=O) groups excluding carboxylic acids is 1. The smallest absolute Gasteiger partial charge is 0.342 e. The molecule has 0 amide bonds. The summed E-state index contributed by atoms with van der Waals surface area (Å²) in [5, 5.41) is 7.70. The van der Waals surface area contributed by atoms with Gasteiger partial charge in [-0.25, -0.2) is 4.79 Å². The minimum atomic E-state index is -0.524. The highest BCUT2D eigenvalue weighted by molar-refractivity contribution is 7.27. The molecule has 2 atom stereocenters. The van der Waals surface area contributed by atoms with Crippen LogP contribution in [0.25, 0.3) is 54.2 Å². The van der Waals surface area contributed by atoms with Crippen molar-refractivity contribution in [2.45, 2.75) is 20.0 Å². The van der Waals surface area contributed by atoms with E-state index in [1.54, 1.807) is 0 Å². The van der Waals surface area contributed by atoms with Gasteiger partial charge in [-0.15, -0.1) is 0 Å². The monoisotopic (exact) mass is 872 g/mol. The average Bonchev–Trinajstić information content (AvgIpc) is 3.34. The van der Waals surface area contributed by atoms with Gasteiger partial charge in [0.25, 0.3) is 18.1 Å². The minimum Gasteiger partial charge on any atom is -0.457 e. The summed E-state index contributed by atoms with van der Waals surface area (Å²) in [6.45, 7) is 2.17. The predicted octanol–water partition coefficient (Wildman–Crippen LogP) is 15.2. The predicted molar refractivity (Wildman–Crippen MR) is 263 cm³/mol. The Kier molecular flexibility index (Phi) is 11.9. The maximum absolute atomic E-state index is 14.6. The molecule has 0 spiro atoms. The molecule has 10 aromatic carbocycles. The lowest BCUT2D eigenvalue weighted by atomic mass is 9.90.